The molecule has 2 unspecified atom stereocenters. The van der Waals surface area contributed by atoms with Gasteiger partial charge in [0.2, 0.25) is 0 Å². The molecular weight excluding hydrogens is 162 g/mol. The van der Waals surface area contributed by atoms with Crippen LogP contribution in [0.2, 0.25) is 0 Å². The summed E-state index contributed by atoms with van der Waals surface area (Å²) in [7, 11) is 0. The number of nitrogens with zero attached hydrogens (tertiary/aromatic N) is 1. The normalized spacial score (nSPS) is 46.4. The molecule has 13 heavy (non-hydrogen) atoms. The fourth-order valence-corrected chi connectivity index (χ4v) is 3.47. The first-order valence-corrected chi connectivity index (χ1v) is 5.80. The van der Waals surface area contributed by atoms with Crippen LogP contribution in [0.15, 0.2) is 0 Å². The summed E-state index contributed by atoms with van der Waals surface area (Å²) in [4.78, 5) is 2.75. The van der Waals surface area contributed by atoms with Crippen molar-refractivity contribution in [3.05, 3.63) is 0 Å². The van der Waals surface area contributed by atoms with Crippen LogP contribution < -0.4 is 0 Å². The predicted octanol–water partition coefficient (Wildman–Crippen LogP) is 1.53. The molecule has 1 N–H and O–H groups in total. The van der Waals surface area contributed by atoms with E-state index in [9.17, 15) is 5.11 Å². The van der Waals surface area contributed by atoms with Crippen LogP contribution in [-0.4, -0.2) is 34.2 Å². The highest BCUT2D eigenvalue weighted by Gasteiger charge is 2.44. The van der Waals surface area contributed by atoms with E-state index in [2.05, 4.69) is 4.90 Å². The molecule has 0 radical (unpaired) electrons. The molecule has 3 aliphatic rings. The molecular formula is C11H19NO. The minimum absolute atomic E-state index is 0.00817. The van der Waals surface area contributed by atoms with Gasteiger partial charge in [-0.1, -0.05) is 6.42 Å². The number of hydrogen-bond donors (Lipinski definition) is 1. The minimum atomic E-state index is 0.00817. The van der Waals surface area contributed by atoms with Crippen LogP contribution in [0, 0.1) is 0 Å². The van der Waals surface area contributed by atoms with Gasteiger partial charge in [0.1, 0.15) is 0 Å². The van der Waals surface area contributed by atoms with E-state index < -0.39 is 0 Å². The molecule has 2 nitrogen and oxygen atoms in total. The highest BCUT2D eigenvalue weighted by molar-refractivity contribution is 4.99. The first-order chi connectivity index (χ1) is 6.34. The molecule has 2 saturated heterocycles. The SMILES string of the molecule is OC1CC2CCC(C1)N2C1CCC1. The van der Waals surface area contributed by atoms with E-state index in [1.54, 1.807) is 0 Å². The standard InChI is InChI=1S/C11H19NO/c13-11-6-9-4-5-10(7-11)12(9)8-2-1-3-8/h8-11,13H,1-7H2. The molecule has 0 aromatic carbocycles. The van der Waals surface area contributed by atoms with Crippen molar-refractivity contribution < 1.29 is 5.11 Å². The molecule has 74 valence electrons. The monoisotopic (exact) mass is 181 g/mol. The Hall–Kier alpha value is -0.0800. The average Bonchev–Trinajstić information content (AvgIpc) is 2.30. The lowest BCUT2D eigenvalue weighted by atomic mass is 9.87. The first kappa shape index (κ1) is 8.25. The summed E-state index contributed by atoms with van der Waals surface area (Å²) in [6.07, 6.45) is 9.07. The van der Waals surface area contributed by atoms with Crippen molar-refractivity contribution in [1.29, 1.82) is 0 Å². The Morgan fingerprint density at radius 3 is 1.92 bits per heavy atom. The van der Waals surface area contributed by atoms with Gasteiger partial charge >= 0.3 is 0 Å². The van der Waals surface area contributed by atoms with Crippen LogP contribution in [0.5, 0.6) is 0 Å². The van der Waals surface area contributed by atoms with Crippen molar-refractivity contribution in [2.45, 2.75) is 69.2 Å². The fraction of sp³-hybridized carbons (Fsp3) is 1.00. The molecule has 2 atom stereocenters. The number of rotatable bonds is 1. The summed E-state index contributed by atoms with van der Waals surface area (Å²) in [5, 5.41) is 9.65. The van der Waals surface area contributed by atoms with Gasteiger partial charge in [-0.25, -0.2) is 0 Å². The Morgan fingerprint density at radius 1 is 0.846 bits per heavy atom. The van der Waals surface area contributed by atoms with Crippen LogP contribution in [0.25, 0.3) is 0 Å². The van der Waals surface area contributed by atoms with Gasteiger partial charge in [0.15, 0.2) is 0 Å². The molecule has 2 heteroatoms. The van der Waals surface area contributed by atoms with Crippen LogP contribution in [-0.2, 0) is 0 Å². The summed E-state index contributed by atoms with van der Waals surface area (Å²) in [5.41, 5.74) is 0. The van der Waals surface area contributed by atoms with Gasteiger partial charge in [0, 0.05) is 18.1 Å². The van der Waals surface area contributed by atoms with Crippen molar-refractivity contribution in [2.24, 2.45) is 0 Å². The summed E-state index contributed by atoms with van der Waals surface area (Å²) in [5.74, 6) is 0. The fourth-order valence-electron chi connectivity index (χ4n) is 3.47. The first-order valence-electron chi connectivity index (χ1n) is 5.80. The Kier molecular flexibility index (Phi) is 1.88. The van der Waals surface area contributed by atoms with E-state index in [0.29, 0.717) is 0 Å². The second kappa shape index (κ2) is 2.96. The molecule has 0 spiro atoms. The summed E-state index contributed by atoms with van der Waals surface area (Å²) in [6.45, 7) is 0. The highest BCUT2D eigenvalue weighted by Crippen LogP contribution is 2.41. The second-order valence-corrected chi connectivity index (χ2v) is 5.04. The van der Waals surface area contributed by atoms with Gasteiger partial charge in [-0.05, 0) is 38.5 Å². The third-order valence-electron chi connectivity index (χ3n) is 4.26. The zero-order chi connectivity index (χ0) is 8.84. The third-order valence-corrected chi connectivity index (χ3v) is 4.26. The van der Waals surface area contributed by atoms with Crippen molar-refractivity contribution in [1.82, 2.24) is 4.90 Å². The van der Waals surface area contributed by atoms with Crippen LogP contribution in [0.3, 0.4) is 0 Å². The van der Waals surface area contributed by atoms with Crippen molar-refractivity contribution in [2.75, 3.05) is 0 Å². The molecule has 3 fully saturated rings. The molecule has 0 aromatic heterocycles. The predicted molar refractivity (Wildman–Crippen MR) is 51.5 cm³/mol. The number of aliphatic hydroxyl groups is 1. The number of aliphatic hydroxyl groups excluding tert-OH is 1. The third kappa shape index (κ3) is 1.23. The van der Waals surface area contributed by atoms with E-state index in [-0.39, 0.29) is 6.10 Å². The van der Waals surface area contributed by atoms with Crippen LogP contribution >= 0.6 is 0 Å². The van der Waals surface area contributed by atoms with E-state index in [4.69, 9.17) is 0 Å². The summed E-state index contributed by atoms with van der Waals surface area (Å²) in [6, 6.07) is 2.36. The van der Waals surface area contributed by atoms with Gasteiger partial charge in [0.25, 0.3) is 0 Å². The molecule has 3 rings (SSSR count). The van der Waals surface area contributed by atoms with E-state index in [0.717, 1.165) is 31.0 Å². The molecule has 1 aliphatic carbocycles. The zero-order valence-corrected chi connectivity index (χ0v) is 8.15. The second-order valence-electron chi connectivity index (χ2n) is 5.04. The quantitative estimate of drug-likeness (QED) is 0.663. The summed E-state index contributed by atoms with van der Waals surface area (Å²) < 4.78 is 0. The van der Waals surface area contributed by atoms with Gasteiger partial charge in [-0.2, -0.15) is 0 Å². The maximum atomic E-state index is 9.65. The molecule has 2 bridgehead atoms. The zero-order valence-electron chi connectivity index (χ0n) is 8.15. The molecule has 0 amide bonds. The maximum absolute atomic E-state index is 9.65. The Morgan fingerprint density at radius 2 is 1.46 bits per heavy atom. The molecule has 2 heterocycles. The lowest BCUT2D eigenvalue weighted by molar-refractivity contribution is -0.0109. The van der Waals surface area contributed by atoms with Crippen LogP contribution in [0.4, 0.5) is 0 Å². The maximum Gasteiger partial charge on any atom is 0.0570 e. The van der Waals surface area contributed by atoms with Gasteiger partial charge in [0.05, 0.1) is 6.10 Å². The largest absolute Gasteiger partial charge is 0.393 e. The van der Waals surface area contributed by atoms with Crippen molar-refractivity contribution >= 4 is 0 Å². The molecule has 1 saturated carbocycles. The minimum Gasteiger partial charge on any atom is -0.393 e. The number of piperidine rings is 1. The number of fused-ring (bicyclic) bond motifs is 2. The van der Waals surface area contributed by atoms with E-state index >= 15 is 0 Å². The van der Waals surface area contributed by atoms with Gasteiger partial charge < -0.3 is 5.11 Å². The molecule has 0 aromatic rings. The topological polar surface area (TPSA) is 23.5 Å². The van der Waals surface area contributed by atoms with Gasteiger partial charge in [-0.3, -0.25) is 4.90 Å². The average molecular weight is 181 g/mol. The Balaban J connectivity index is 1.74. The van der Waals surface area contributed by atoms with Gasteiger partial charge in [-0.15, -0.1) is 0 Å². The lowest BCUT2D eigenvalue weighted by Crippen LogP contribution is -2.52. The van der Waals surface area contributed by atoms with Crippen LogP contribution in [0.1, 0.15) is 44.9 Å². The Labute approximate surface area is 79.9 Å². The van der Waals surface area contributed by atoms with E-state index in [1.807, 2.05) is 0 Å². The van der Waals surface area contributed by atoms with E-state index in [1.165, 1.54) is 32.1 Å². The lowest BCUT2D eigenvalue weighted by Gasteiger charge is -2.46. The summed E-state index contributed by atoms with van der Waals surface area (Å²) >= 11 is 0. The molecule has 2 aliphatic heterocycles. The highest BCUT2D eigenvalue weighted by atomic mass is 16.3. The number of hydrogen-bond acceptors (Lipinski definition) is 2. The van der Waals surface area contributed by atoms with Crippen molar-refractivity contribution in [3.63, 3.8) is 0 Å². The Bertz CT molecular complexity index is 188. The van der Waals surface area contributed by atoms with Crippen molar-refractivity contribution in [3.8, 4) is 0 Å². The smallest absolute Gasteiger partial charge is 0.0570 e.